The number of piperidine rings is 1. The molecule has 0 amide bonds. The summed E-state index contributed by atoms with van der Waals surface area (Å²) in [5, 5.41) is 3.76. The average Bonchev–Trinajstić information content (AvgIpc) is 3.02. The Labute approximate surface area is 149 Å². The summed E-state index contributed by atoms with van der Waals surface area (Å²) in [5.74, 6) is -0.490. The Bertz CT molecular complexity index is 734. The number of benzene rings is 1. The minimum Gasteiger partial charge on any atom is -0.465 e. The maximum Gasteiger partial charge on any atom is 0.417 e. The van der Waals surface area contributed by atoms with Crippen LogP contribution in [0.5, 0.6) is 0 Å². The van der Waals surface area contributed by atoms with Gasteiger partial charge in [0, 0.05) is 4.70 Å². The molecule has 2 heterocycles. The molecular formula is C18H22F3NO2S. The first kappa shape index (κ1) is 19.7. The van der Waals surface area contributed by atoms with E-state index in [0.29, 0.717) is 15.8 Å². The Morgan fingerprint density at radius 3 is 2.44 bits per heavy atom. The van der Waals surface area contributed by atoms with Gasteiger partial charge in [-0.05, 0) is 48.9 Å². The van der Waals surface area contributed by atoms with E-state index in [1.54, 1.807) is 6.07 Å². The molecule has 3 rings (SSSR count). The maximum absolute atomic E-state index is 13.3. The number of carbonyl (C=O) groups excluding carboxylic acids is 1. The van der Waals surface area contributed by atoms with Crippen LogP contribution in [0, 0.1) is 0 Å². The average molecular weight is 373 g/mol. The van der Waals surface area contributed by atoms with Crippen LogP contribution in [-0.2, 0) is 10.9 Å². The molecule has 0 bridgehead atoms. The fourth-order valence-corrected chi connectivity index (χ4v) is 4.46. The Morgan fingerprint density at radius 1 is 1.24 bits per heavy atom. The fraction of sp³-hybridized carbons (Fsp3) is 0.500. The third-order valence-corrected chi connectivity index (χ3v) is 5.41. The zero-order valence-electron chi connectivity index (χ0n) is 14.5. The highest BCUT2D eigenvalue weighted by molar-refractivity contribution is 7.21. The number of esters is 1. The van der Waals surface area contributed by atoms with Crippen molar-refractivity contribution >= 4 is 27.4 Å². The minimum absolute atomic E-state index is 0.0718. The second-order valence-corrected chi connectivity index (χ2v) is 6.56. The van der Waals surface area contributed by atoms with Crippen molar-refractivity contribution in [1.29, 1.82) is 0 Å². The third kappa shape index (κ3) is 3.98. The van der Waals surface area contributed by atoms with Crippen LogP contribution in [0.15, 0.2) is 18.2 Å². The molecule has 1 saturated heterocycles. The van der Waals surface area contributed by atoms with Crippen LogP contribution in [-0.4, -0.2) is 26.2 Å². The molecule has 138 valence electrons. The van der Waals surface area contributed by atoms with Crippen molar-refractivity contribution in [3.8, 4) is 0 Å². The van der Waals surface area contributed by atoms with Gasteiger partial charge in [0.1, 0.15) is 4.88 Å². The molecule has 0 spiro atoms. The minimum atomic E-state index is -4.44. The largest absolute Gasteiger partial charge is 0.465 e. The number of ether oxygens (including phenoxy) is 1. The highest BCUT2D eigenvalue weighted by atomic mass is 32.1. The topological polar surface area (TPSA) is 38.3 Å². The van der Waals surface area contributed by atoms with E-state index in [9.17, 15) is 18.0 Å². The van der Waals surface area contributed by atoms with Gasteiger partial charge in [0.05, 0.1) is 12.7 Å². The number of halogens is 3. The Hall–Kier alpha value is -1.60. The van der Waals surface area contributed by atoms with Gasteiger partial charge in [0.25, 0.3) is 0 Å². The molecular weight excluding hydrogens is 351 g/mol. The normalized spacial score (nSPS) is 15.6. The lowest BCUT2D eigenvalue weighted by atomic mass is 9.88. The first-order valence-electron chi connectivity index (χ1n) is 8.35. The SMILES string of the molecule is CC.COC(=O)c1sc2c(C(F)(F)F)cccc2c1C1CCNCC1. The van der Waals surface area contributed by atoms with Crippen molar-refractivity contribution in [1.82, 2.24) is 5.32 Å². The van der Waals surface area contributed by atoms with E-state index >= 15 is 0 Å². The van der Waals surface area contributed by atoms with Gasteiger partial charge in [-0.1, -0.05) is 26.0 Å². The van der Waals surface area contributed by atoms with Crippen molar-refractivity contribution in [2.45, 2.75) is 38.8 Å². The molecule has 0 unspecified atom stereocenters. The van der Waals surface area contributed by atoms with E-state index in [-0.39, 0.29) is 10.6 Å². The summed E-state index contributed by atoms with van der Waals surface area (Å²) in [6.07, 6.45) is -2.85. The van der Waals surface area contributed by atoms with E-state index in [1.807, 2.05) is 13.8 Å². The van der Waals surface area contributed by atoms with Crippen LogP contribution in [0.25, 0.3) is 10.1 Å². The van der Waals surface area contributed by atoms with E-state index in [0.717, 1.165) is 43.3 Å². The van der Waals surface area contributed by atoms with Gasteiger partial charge < -0.3 is 10.1 Å². The van der Waals surface area contributed by atoms with Crippen LogP contribution >= 0.6 is 11.3 Å². The first-order chi connectivity index (χ1) is 11.9. The zero-order chi connectivity index (χ0) is 18.6. The predicted molar refractivity (Wildman–Crippen MR) is 94.4 cm³/mol. The molecule has 7 heteroatoms. The van der Waals surface area contributed by atoms with Gasteiger partial charge in [0.2, 0.25) is 0 Å². The van der Waals surface area contributed by atoms with Crippen molar-refractivity contribution in [3.05, 3.63) is 34.2 Å². The second-order valence-electron chi connectivity index (χ2n) is 5.54. The van der Waals surface area contributed by atoms with Crippen LogP contribution in [0.4, 0.5) is 13.2 Å². The maximum atomic E-state index is 13.3. The van der Waals surface area contributed by atoms with Gasteiger partial charge >= 0.3 is 12.1 Å². The smallest absolute Gasteiger partial charge is 0.417 e. The number of rotatable bonds is 2. The van der Waals surface area contributed by atoms with Crippen LogP contribution in [0.3, 0.4) is 0 Å². The molecule has 0 aliphatic carbocycles. The molecule has 1 aromatic carbocycles. The van der Waals surface area contributed by atoms with Crippen molar-refractivity contribution in [2.24, 2.45) is 0 Å². The highest BCUT2D eigenvalue weighted by Gasteiger charge is 2.36. The predicted octanol–water partition coefficient (Wildman–Crippen LogP) is 5.20. The molecule has 0 saturated carbocycles. The van der Waals surface area contributed by atoms with Gasteiger partial charge in [-0.25, -0.2) is 4.79 Å². The van der Waals surface area contributed by atoms with E-state index < -0.39 is 17.7 Å². The number of hydrogen-bond donors (Lipinski definition) is 1. The van der Waals surface area contributed by atoms with Crippen molar-refractivity contribution in [2.75, 3.05) is 20.2 Å². The number of fused-ring (bicyclic) bond motifs is 1. The highest BCUT2D eigenvalue weighted by Crippen LogP contribution is 2.45. The van der Waals surface area contributed by atoms with E-state index in [1.165, 1.54) is 13.2 Å². The monoisotopic (exact) mass is 373 g/mol. The summed E-state index contributed by atoms with van der Waals surface area (Å²) in [4.78, 5) is 12.4. The Kier molecular flexibility index (Phi) is 6.46. The number of nitrogens with one attached hydrogen (secondary N) is 1. The molecule has 3 nitrogen and oxygen atoms in total. The molecule has 2 aromatic rings. The lowest BCUT2D eigenvalue weighted by Crippen LogP contribution is -2.27. The second kappa shape index (κ2) is 8.19. The number of alkyl halides is 3. The summed E-state index contributed by atoms with van der Waals surface area (Å²) in [6.45, 7) is 5.59. The lowest BCUT2D eigenvalue weighted by Gasteiger charge is -2.23. The molecule has 1 aromatic heterocycles. The van der Waals surface area contributed by atoms with Crippen LogP contribution < -0.4 is 5.32 Å². The molecule has 0 radical (unpaired) electrons. The number of thiophene rings is 1. The van der Waals surface area contributed by atoms with Crippen molar-refractivity contribution < 1.29 is 22.7 Å². The first-order valence-corrected chi connectivity index (χ1v) is 9.16. The van der Waals surface area contributed by atoms with E-state index in [2.05, 4.69) is 5.32 Å². The molecule has 0 atom stereocenters. The summed E-state index contributed by atoms with van der Waals surface area (Å²) in [7, 11) is 1.25. The molecule has 1 aliphatic heterocycles. The third-order valence-electron chi connectivity index (χ3n) is 4.18. The standard InChI is InChI=1S/C16H16F3NO2S.C2H6/c1-22-15(21)14-12(9-5-7-20-8-6-9)10-3-2-4-11(13(10)23-14)16(17,18)19;1-2/h2-4,9,20H,5-8H2,1H3;1-2H3. The molecule has 1 fully saturated rings. The summed E-state index contributed by atoms with van der Waals surface area (Å²) >= 11 is 0.889. The van der Waals surface area contributed by atoms with Gasteiger partial charge in [0.15, 0.2) is 0 Å². The van der Waals surface area contributed by atoms with Crippen molar-refractivity contribution in [3.63, 3.8) is 0 Å². The zero-order valence-corrected chi connectivity index (χ0v) is 15.3. The van der Waals surface area contributed by atoms with E-state index in [4.69, 9.17) is 4.74 Å². The summed E-state index contributed by atoms with van der Waals surface area (Å²) < 4.78 is 44.7. The fourth-order valence-electron chi connectivity index (χ4n) is 3.12. The molecule has 25 heavy (non-hydrogen) atoms. The van der Waals surface area contributed by atoms with Gasteiger partial charge in [-0.3, -0.25) is 0 Å². The summed E-state index contributed by atoms with van der Waals surface area (Å²) in [5.41, 5.74) is 0.0230. The van der Waals surface area contributed by atoms with Gasteiger partial charge in [-0.2, -0.15) is 13.2 Å². The Balaban J connectivity index is 0.00000109. The lowest BCUT2D eigenvalue weighted by molar-refractivity contribution is -0.136. The number of methoxy groups -OCH3 is 1. The number of hydrogen-bond acceptors (Lipinski definition) is 4. The summed E-state index contributed by atoms with van der Waals surface area (Å²) in [6, 6.07) is 4.14. The quantitative estimate of drug-likeness (QED) is 0.736. The number of carbonyl (C=O) groups is 1. The van der Waals surface area contributed by atoms with Gasteiger partial charge in [-0.15, -0.1) is 11.3 Å². The Morgan fingerprint density at radius 2 is 1.88 bits per heavy atom. The van der Waals surface area contributed by atoms with Crippen LogP contribution in [0.2, 0.25) is 0 Å². The van der Waals surface area contributed by atoms with Crippen LogP contribution in [0.1, 0.15) is 53.4 Å². The molecule has 1 N–H and O–H groups in total. The molecule has 1 aliphatic rings.